The van der Waals surface area contributed by atoms with Crippen LogP contribution < -0.4 is 0 Å². The summed E-state index contributed by atoms with van der Waals surface area (Å²) in [5, 5.41) is 19.0. The van der Waals surface area contributed by atoms with Crippen LogP contribution in [-0.4, -0.2) is 4.92 Å². The number of halogens is 4. The highest BCUT2D eigenvalue weighted by Gasteiger charge is 2.41. The summed E-state index contributed by atoms with van der Waals surface area (Å²) in [5.74, 6) is 0. The standard InChI is InChI=1S/C8H2BrF3N2O2/c9-5-1-2-6(14(15)16)7(4(5)3-13)8(10,11)12/h1-2H. The summed E-state index contributed by atoms with van der Waals surface area (Å²) >= 11 is 2.74. The summed E-state index contributed by atoms with van der Waals surface area (Å²) in [6, 6.07) is 3.03. The van der Waals surface area contributed by atoms with Gasteiger partial charge in [-0.15, -0.1) is 0 Å². The minimum absolute atomic E-state index is 0.132. The van der Waals surface area contributed by atoms with Crippen LogP contribution in [0.5, 0.6) is 0 Å². The van der Waals surface area contributed by atoms with Crippen molar-refractivity contribution in [1.29, 1.82) is 5.26 Å². The highest BCUT2D eigenvalue weighted by atomic mass is 79.9. The van der Waals surface area contributed by atoms with E-state index in [0.29, 0.717) is 6.07 Å². The summed E-state index contributed by atoms with van der Waals surface area (Å²) in [7, 11) is 0. The molecule has 0 fully saturated rings. The van der Waals surface area contributed by atoms with Crippen LogP contribution in [0.4, 0.5) is 18.9 Å². The predicted molar refractivity (Wildman–Crippen MR) is 50.5 cm³/mol. The van der Waals surface area contributed by atoms with Crippen LogP contribution in [0.25, 0.3) is 0 Å². The van der Waals surface area contributed by atoms with E-state index in [1.165, 1.54) is 6.07 Å². The number of alkyl halides is 3. The molecule has 0 heterocycles. The van der Waals surface area contributed by atoms with Crippen LogP contribution in [-0.2, 0) is 6.18 Å². The van der Waals surface area contributed by atoms with Gasteiger partial charge in [-0.3, -0.25) is 10.1 Å². The molecule has 84 valence electrons. The summed E-state index contributed by atoms with van der Waals surface area (Å²) in [6.45, 7) is 0. The van der Waals surface area contributed by atoms with Crippen molar-refractivity contribution in [1.82, 2.24) is 0 Å². The molecule has 0 aromatic heterocycles. The third-order valence-electron chi connectivity index (χ3n) is 1.72. The Balaban J connectivity index is 3.70. The van der Waals surface area contributed by atoms with Gasteiger partial charge in [0.2, 0.25) is 0 Å². The van der Waals surface area contributed by atoms with E-state index < -0.39 is 27.9 Å². The van der Waals surface area contributed by atoms with Crippen molar-refractivity contribution in [3.05, 3.63) is 37.8 Å². The first kappa shape index (κ1) is 12.4. The fourth-order valence-corrected chi connectivity index (χ4v) is 1.53. The Labute approximate surface area is 95.6 Å². The van der Waals surface area contributed by atoms with Crippen LogP contribution in [0.1, 0.15) is 11.1 Å². The fraction of sp³-hybridized carbons (Fsp3) is 0.125. The molecule has 0 N–H and O–H groups in total. The fourth-order valence-electron chi connectivity index (χ4n) is 1.11. The Morgan fingerprint density at radius 3 is 2.38 bits per heavy atom. The van der Waals surface area contributed by atoms with E-state index in [1.54, 1.807) is 0 Å². The third kappa shape index (κ3) is 2.14. The van der Waals surface area contributed by atoms with Gasteiger partial charge in [0.15, 0.2) is 5.56 Å². The lowest BCUT2D eigenvalue weighted by atomic mass is 10.1. The molecule has 1 aromatic rings. The number of nitro groups is 1. The minimum atomic E-state index is -4.95. The molecule has 0 bridgehead atoms. The number of rotatable bonds is 1. The van der Waals surface area contributed by atoms with Gasteiger partial charge in [-0.05, 0) is 22.0 Å². The SMILES string of the molecule is N#Cc1c(Br)ccc([N+](=O)[O-])c1C(F)(F)F. The minimum Gasteiger partial charge on any atom is -0.258 e. The van der Waals surface area contributed by atoms with Crippen LogP contribution in [0.2, 0.25) is 0 Å². The molecule has 1 aromatic carbocycles. The second-order valence-electron chi connectivity index (χ2n) is 2.68. The van der Waals surface area contributed by atoms with Crippen molar-refractivity contribution < 1.29 is 18.1 Å². The number of nitrogens with zero attached hydrogens (tertiary/aromatic N) is 2. The quantitative estimate of drug-likeness (QED) is 0.590. The average molecular weight is 295 g/mol. The molecule has 0 aliphatic carbocycles. The summed E-state index contributed by atoms with van der Waals surface area (Å²) in [4.78, 5) is 9.26. The van der Waals surface area contributed by atoms with E-state index in [2.05, 4.69) is 15.9 Å². The molecular weight excluding hydrogens is 293 g/mol. The lowest BCUT2D eigenvalue weighted by molar-refractivity contribution is -0.388. The summed E-state index contributed by atoms with van der Waals surface area (Å²) in [6.07, 6.45) is -4.95. The predicted octanol–water partition coefficient (Wildman–Crippen LogP) is 3.25. The smallest absolute Gasteiger partial charge is 0.258 e. The summed E-state index contributed by atoms with van der Waals surface area (Å²) in [5.41, 5.74) is -3.46. The molecule has 16 heavy (non-hydrogen) atoms. The molecule has 0 spiro atoms. The van der Waals surface area contributed by atoms with Crippen molar-refractivity contribution in [3.63, 3.8) is 0 Å². The molecule has 0 unspecified atom stereocenters. The van der Waals surface area contributed by atoms with Gasteiger partial charge < -0.3 is 0 Å². The van der Waals surface area contributed by atoms with E-state index in [4.69, 9.17) is 5.26 Å². The van der Waals surface area contributed by atoms with Crippen molar-refractivity contribution in [2.45, 2.75) is 6.18 Å². The molecule has 0 atom stereocenters. The zero-order chi connectivity index (χ0) is 12.5. The van der Waals surface area contributed by atoms with Crippen LogP contribution in [0.15, 0.2) is 16.6 Å². The van der Waals surface area contributed by atoms with Crippen LogP contribution in [0.3, 0.4) is 0 Å². The second kappa shape index (κ2) is 4.09. The van der Waals surface area contributed by atoms with Gasteiger partial charge in [-0.1, -0.05) is 0 Å². The zero-order valence-electron chi connectivity index (χ0n) is 7.38. The van der Waals surface area contributed by atoms with Gasteiger partial charge in [-0.2, -0.15) is 18.4 Å². The highest BCUT2D eigenvalue weighted by molar-refractivity contribution is 9.10. The van der Waals surface area contributed by atoms with Gasteiger partial charge in [0.05, 0.1) is 10.5 Å². The van der Waals surface area contributed by atoms with Gasteiger partial charge in [0.1, 0.15) is 6.07 Å². The lowest BCUT2D eigenvalue weighted by Gasteiger charge is -2.09. The number of nitro benzene ring substituents is 1. The van der Waals surface area contributed by atoms with Gasteiger partial charge in [0.25, 0.3) is 5.69 Å². The first-order valence-corrected chi connectivity index (χ1v) is 4.52. The van der Waals surface area contributed by atoms with Crippen molar-refractivity contribution >= 4 is 21.6 Å². The number of benzene rings is 1. The van der Waals surface area contributed by atoms with Crippen LogP contribution in [0, 0.1) is 21.4 Å². The van der Waals surface area contributed by atoms with Crippen molar-refractivity contribution in [2.75, 3.05) is 0 Å². The zero-order valence-corrected chi connectivity index (χ0v) is 8.96. The molecule has 0 amide bonds. The Bertz CT molecular complexity index is 493. The Hall–Kier alpha value is -1.62. The molecular formula is C8H2BrF3N2O2. The topological polar surface area (TPSA) is 66.9 Å². The molecule has 0 radical (unpaired) electrons. The van der Waals surface area contributed by atoms with Gasteiger partial charge >= 0.3 is 6.18 Å². The van der Waals surface area contributed by atoms with E-state index in [-0.39, 0.29) is 4.47 Å². The molecule has 4 nitrogen and oxygen atoms in total. The molecule has 0 aliphatic heterocycles. The van der Waals surface area contributed by atoms with Crippen molar-refractivity contribution in [3.8, 4) is 6.07 Å². The molecule has 0 aliphatic rings. The maximum Gasteiger partial charge on any atom is 0.424 e. The Morgan fingerprint density at radius 1 is 1.44 bits per heavy atom. The first-order chi connectivity index (χ1) is 7.29. The van der Waals surface area contributed by atoms with E-state index in [9.17, 15) is 23.3 Å². The normalized spacial score (nSPS) is 10.9. The van der Waals surface area contributed by atoms with Gasteiger partial charge in [-0.25, -0.2) is 0 Å². The molecule has 0 saturated carbocycles. The van der Waals surface area contributed by atoms with Crippen molar-refractivity contribution in [2.24, 2.45) is 0 Å². The third-order valence-corrected chi connectivity index (χ3v) is 2.39. The number of nitriles is 1. The number of hydrogen-bond acceptors (Lipinski definition) is 3. The molecule has 8 heteroatoms. The monoisotopic (exact) mass is 294 g/mol. The molecule has 1 rings (SSSR count). The van der Waals surface area contributed by atoms with E-state index >= 15 is 0 Å². The first-order valence-electron chi connectivity index (χ1n) is 3.73. The maximum atomic E-state index is 12.6. The second-order valence-corrected chi connectivity index (χ2v) is 3.54. The lowest BCUT2D eigenvalue weighted by Crippen LogP contribution is -2.11. The Kier molecular flexibility index (Phi) is 3.19. The maximum absolute atomic E-state index is 12.6. The number of hydrogen-bond donors (Lipinski definition) is 0. The highest BCUT2D eigenvalue weighted by Crippen LogP contribution is 2.40. The average Bonchev–Trinajstić information content (AvgIpc) is 2.15. The van der Waals surface area contributed by atoms with Crippen LogP contribution >= 0.6 is 15.9 Å². The Morgan fingerprint density at radius 2 is 2.00 bits per heavy atom. The summed E-state index contributed by atoms with van der Waals surface area (Å²) < 4.78 is 37.5. The van der Waals surface area contributed by atoms with E-state index in [0.717, 1.165) is 6.07 Å². The van der Waals surface area contributed by atoms with Gasteiger partial charge in [0, 0.05) is 10.5 Å². The largest absolute Gasteiger partial charge is 0.424 e. The molecule has 0 saturated heterocycles. The van der Waals surface area contributed by atoms with E-state index in [1.807, 2.05) is 0 Å².